The fraction of sp³-hybridized carbons (Fsp3) is 0.500. The number of amides is 1. The van der Waals surface area contributed by atoms with E-state index in [0.29, 0.717) is 6.61 Å². The van der Waals surface area contributed by atoms with E-state index in [1.54, 1.807) is 0 Å². The van der Waals surface area contributed by atoms with Gasteiger partial charge in [0.15, 0.2) is 0 Å². The van der Waals surface area contributed by atoms with E-state index in [1.165, 1.54) is 5.56 Å². The highest BCUT2D eigenvalue weighted by Gasteiger charge is 2.09. The lowest BCUT2D eigenvalue weighted by Gasteiger charge is -2.20. The minimum absolute atomic E-state index is 0.0864. The molecule has 0 bridgehead atoms. The van der Waals surface area contributed by atoms with Crippen LogP contribution in [0.15, 0.2) is 22.7 Å². The van der Waals surface area contributed by atoms with E-state index in [-0.39, 0.29) is 17.9 Å². The van der Waals surface area contributed by atoms with E-state index in [0.717, 1.165) is 16.8 Å². The molecule has 0 aromatic heterocycles. The lowest BCUT2D eigenvalue weighted by atomic mass is 10.1. The van der Waals surface area contributed by atoms with E-state index in [4.69, 9.17) is 10.5 Å². The first-order chi connectivity index (χ1) is 8.78. The lowest BCUT2D eigenvalue weighted by molar-refractivity contribution is -0.118. The first-order valence-corrected chi connectivity index (χ1v) is 7.02. The second kappa shape index (κ2) is 6.91. The monoisotopic (exact) mass is 328 g/mol. The normalized spacial score (nSPS) is 11.4. The average molecular weight is 329 g/mol. The minimum atomic E-state index is -0.359. The minimum Gasteiger partial charge on any atom is -0.492 e. The van der Waals surface area contributed by atoms with Gasteiger partial charge in [-0.15, -0.1) is 0 Å². The number of halogens is 1. The van der Waals surface area contributed by atoms with Crippen LogP contribution in [0.5, 0.6) is 5.75 Å². The molecule has 3 N–H and O–H groups in total. The third-order valence-electron chi connectivity index (χ3n) is 2.43. The number of nitrogens with two attached hydrogens (primary N) is 1. The van der Waals surface area contributed by atoms with Crippen LogP contribution in [0.1, 0.15) is 32.8 Å². The number of nitrogens with one attached hydrogen (secondary N) is 1. The molecule has 0 radical (unpaired) electrons. The number of carbonyl (C=O) groups excluding carboxylic acids is 1. The van der Waals surface area contributed by atoms with Crippen molar-refractivity contribution in [3.05, 3.63) is 28.2 Å². The predicted octanol–water partition coefficient (Wildman–Crippen LogP) is 2.59. The predicted molar refractivity (Wildman–Crippen MR) is 80.0 cm³/mol. The van der Waals surface area contributed by atoms with Crippen LogP contribution >= 0.6 is 15.9 Å². The molecule has 4 nitrogen and oxygen atoms in total. The van der Waals surface area contributed by atoms with Crippen molar-refractivity contribution < 1.29 is 9.53 Å². The first kappa shape index (κ1) is 16.0. The quantitative estimate of drug-likeness (QED) is 0.843. The van der Waals surface area contributed by atoms with Crippen LogP contribution in [0.4, 0.5) is 0 Å². The van der Waals surface area contributed by atoms with Gasteiger partial charge in [0.2, 0.25) is 5.91 Å². The van der Waals surface area contributed by atoms with Gasteiger partial charge >= 0.3 is 0 Å². The fourth-order valence-electron chi connectivity index (χ4n) is 1.40. The molecule has 106 valence electrons. The summed E-state index contributed by atoms with van der Waals surface area (Å²) < 4.78 is 6.36. The van der Waals surface area contributed by atoms with Gasteiger partial charge in [-0.25, -0.2) is 0 Å². The summed E-state index contributed by atoms with van der Waals surface area (Å²) in [5, 5.41) is 3.42. The molecule has 0 unspecified atom stereocenters. The Hall–Kier alpha value is -1.07. The first-order valence-electron chi connectivity index (χ1n) is 6.22. The van der Waals surface area contributed by atoms with Gasteiger partial charge in [-0.2, -0.15) is 0 Å². The maximum absolute atomic E-state index is 10.6. The van der Waals surface area contributed by atoms with Gasteiger partial charge in [0.1, 0.15) is 5.75 Å². The largest absolute Gasteiger partial charge is 0.492 e. The number of primary amides is 1. The van der Waals surface area contributed by atoms with Crippen molar-refractivity contribution in [2.24, 2.45) is 5.73 Å². The maximum atomic E-state index is 10.6. The Bertz CT molecular complexity index is 442. The van der Waals surface area contributed by atoms with Gasteiger partial charge in [0.05, 0.1) is 17.5 Å². The van der Waals surface area contributed by atoms with Crippen LogP contribution < -0.4 is 15.8 Å². The van der Waals surface area contributed by atoms with Crippen molar-refractivity contribution in [1.82, 2.24) is 5.32 Å². The summed E-state index contributed by atoms with van der Waals surface area (Å²) in [6, 6.07) is 5.91. The van der Waals surface area contributed by atoms with Crippen molar-refractivity contribution in [1.29, 1.82) is 0 Å². The Labute approximate surface area is 122 Å². The second-order valence-electron chi connectivity index (χ2n) is 5.43. The summed E-state index contributed by atoms with van der Waals surface area (Å²) in [5.74, 6) is 0.364. The Morgan fingerprint density at radius 3 is 2.63 bits per heavy atom. The molecule has 0 atom stereocenters. The van der Waals surface area contributed by atoms with Gasteiger partial charge in [0.25, 0.3) is 0 Å². The molecule has 0 spiro atoms. The van der Waals surface area contributed by atoms with Crippen LogP contribution in [0.2, 0.25) is 0 Å². The Balaban J connectivity index is 2.56. The van der Waals surface area contributed by atoms with Crippen molar-refractivity contribution >= 4 is 21.8 Å². The van der Waals surface area contributed by atoms with E-state index in [1.807, 2.05) is 18.2 Å². The Morgan fingerprint density at radius 2 is 2.11 bits per heavy atom. The van der Waals surface area contributed by atoms with E-state index in [9.17, 15) is 4.79 Å². The zero-order chi connectivity index (χ0) is 14.5. The highest BCUT2D eigenvalue weighted by Crippen LogP contribution is 2.26. The number of ether oxygens (including phenoxy) is 1. The second-order valence-corrected chi connectivity index (χ2v) is 6.29. The van der Waals surface area contributed by atoms with Crippen molar-refractivity contribution in [3.8, 4) is 5.75 Å². The van der Waals surface area contributed by atoms with Crippen LogP contribution in [0.3, 0.4) is 0 Å². The zero-order valence-corrected chi connectivity index (χ0v) is 13.2. The molecule has 0 saturated heterocycles. The molecule has 19 heavy (non-hydrogen) atoms. The molecule has 5 heteroatoms. The van der Waals surface area contributed by atoms with Gasteiger partial charge in [0, 0.05) is 12.1 Å². The summed E-state index contributed by atoms with van der Waals surface area (Å²) in [4.78, 5) is 10.6. The van der Waals surface area contributed by atoms with E-state index < -0.39 is 0 Å². The summed E-state index contributed by atoms with van der Waals surface area (Å²) >= 11 is 3.47. The number of hydrogen-bond acceptors (Lipinski definition) is 3. The van der Waals surface area contributed by atoms with Crippen LogP contribution in [-0.2, 0) is 11.3 Å². The molecular formula is C14H21BrN2O2. The molecule has 0 aliphatic heterocycles. The molecule has 1 amide bonds. The van der Waals surface area contributed by atoms with Gasteiger partial charge in [-0.1, -0.05) is 6.07 Å². The van der Waals surface area contributed by atoms with Crippen LogP contribution in [-0.4, -0.2) is 18.1 Å². The van der Waals surface area contributed by atoms with Gasteiger partial charge in [-0.3, -0.25) is 4.79 Å². The third kappa shape index (κ3) is 6.59. The lowest BCUT2D eigenvalue weighted by Crippen LogP contribution is -2.35. The molecule has 1 aromatic carbocycles. The van der Waals surface area contributed by atoms with E-state index in [2.05, 4.69) is 42.0 Å². The SMILES string of the molecule is CC(C)(C)NCc1ccc(OCCC(N)=O)c(Br)c1. The van der Waals surface area contributed by atoms with Crippen molar-refractivity contribution in [2.75, 3.05) is 6.61 Å². The summed E-state index contributed by atoms with van der Waals surface area (Å²) in [5.41, 5.74) is 6.32. The van der Waals surface area contributed by atoms with E-state index >= 15 is 0 Å². The number of rotatable bonds is 6. The maximum Gasteiger partial charge on any atom is 0.220 e. The molecular weight excluding hydrogens is 308 g/mol. The molecule has 1 aromatic rings. The van der Waals surface area contributed by atoms with Crippen molar-refractivity contribution in [3.63, 3.8) is 0 Å². The number of hydrogen-bond donors (Lipinski definition) is 2. The zero-order valence-electron chi connectivity index (χ0n) is 11.6. The fourth-order valence-corrected chi connectivity index (χ4v) is 1.94. The molecule has 0 fully saturated rings. The summed E-state index contributed by atoms with van der Waals surface area (Å²) in [6.45, 7) is 7.48. The summed E-state index contributed by atoms with van der Waals surface area (Å²) in [6.07, 6.45) is 0.222. The highest BCUT2D eigenvalue weighted by molar-refractivity contribution is 9.10. The van der Waals surface area contributed by atoms with Crippen LogP contribution in [0, 0.1) is 0 Å². The average Bonchev–Trinajstić information content (AvgIpc) is 2.27. The Morgan fingerprint density at radius 1 is 1.42 bits per heavy atom. The molecule has 0 saturated carbocycles. The number of benzene rings is 1. The smallest absolute Gasteiger partial charge is 0.220 e. The third-order valence-corrected chi connectivity index (χ3v) is 3.04. The van der Waals surface area contributed by atoms with Gasteiger partial charge < -0.3 is 15.8 Å². The molecule has 0 aliphatic rings. The number of carbonyl (C=O) groups is 1. The molecule has 0 heterocycles. The van der Waals surface area contributed by atoms with Crippen molar-refractivity contribution in [2.45, 2.75) is 39.3 Å². The topological polar surface area (TPSA) is 64.3 Å². The Kier molecular flexibility index (Phi) is 5.82. The summed E-state index contributed by atoms with van der Waals surface area (Å²) in [7, 11) is 0. The molecule has 0 aliphatic carbocycles. The standard InChI is InChI=1S/C14H21BrN2O2/c1-14(2,3)17-9-10-4-5-12(11(15)8-10)19-7-6-13(16)18/h4-5,8,17H,6-7,9H2,1-3H3,(H2,16,18). The van der Waals surface area contributed by atoms with Gasteiger partial charge in [-0.05, 0) is 54.4 Å². The molecule has 1 rings (SSSR count). The highest BCUT2D eigenvalue weighted by atomic mass is 79.9. The van der Waals surface area contributed by atoms with Crippen LogP contribution in [0.25, 0.3) is 0 Å².